The van der Waals surface area contributed by atoms with Crippen LogP contribution in [0.25, 0.3) is 0 Å². The van der Waals surface area contributed by atoms with Gasteiger partial charge < -0.3 is 4.90 Å². The van der Waals surface area contributed by atoms with Crippen molar-refractivity contribution in [2.24, 2.45) is 0 Å². The standard InChI is InChI=1S/C17H24N2OS/c1-18-14-7-8-15(18)12-19(10-9-14)17(20)16(21)11-13-5-3-2-4-6-13/h2-6,14-16,21H,7-12H2,1H3. The molecule has 0 saturated carbocycles. The van der Waals surface area contributed by atoms with E-state index in [0.717, 1.165) is 19.5 Å². The molecule has 3 nitrogen and oxygen atoms in total. The molecule has 3 atom stereocenters. The van der Waals surface area contributed by atoms with E-state index in [1.807, 2.05) is 23.1 Å². The summed E-state index contributed by atoms with van der Waals surface area (Å²) in [6.45, 7) is 1.76. The molecular weight excluding hydrogens is 280 g/mol. The second-order valence-electron chi connectivity index (χ2n) is 6.33. The first-order valence-corrected chi connectivity index (χ1v) is 8.39. The first-order valence-electron chi connectivity index (χ1n) is 7.88. The van der Waals surface area contributed by atoms with Crippen molar-refractivity contribution >= 4 is 18.5 Å². The molecule has 2 heterocycles. The highest BCUT2D eigenvalue weighted by Gasteiger charge is 2.36. The van der Waals surface area contributed by atoms with Crippen molar-refractivity contribution in [2.75, 3.05) is 20.1 Å². The van der Waals surface area contributed by atoms with E-state index < -0.39 is 0 Å². The lowest BCUT2D eigenvalue weighted by molar-refractivity contribution is -0.130. The molecule has 21 heavy (non-hydrogen) atoms. The second-order valence-corrected chi connectivity index (χ2v) is 6.95. The van der Waals surface area contributed by atoms with Crippen LogP contribution in [0.15, 0.2) is 30.3 Å². The number of hydrogen-bond acceptors (Lipinski definition) is 3. The zero-order valence-corrected chi connectivity index (χ0v) is 13.5. The Bertz CT molecular complexity index is 493. The third-order valence-electron chi connectivity index (χ3n) is 5.02. The van der Waals surface area contributed by atoms with Crippen LogP contribution in [-0.4, -0.2) is 53.2 Å². The molecule has 0 radical (unpaired) electrons. The molecular formula is C17H24N2OS. The van der Waals surface area contributed by atoms with Gasteiger partial charge in [0.15, 0.2) is 0 Å². The average Bonchev–Trinajstić information content (AvgIpc) is 2.72. The molecule has 0 aliphatic carbocycles. The average molecular weight is 304 g/mol. The maximum absolute atomic E-state index is 12.7. The molecule has 3 rings (SSSR count). The van der Waals surface area contributed by atoms with Crippen LogP contribution in [0.1, 0.15) is 24.8 Å². The number of fused-ring (bicyclic) bond motifs is 2. The summed E-state index contributed by atoms with van der Waals surface area (Å²) in [7, 11) is 2.21. The number of amides is 1. The van der Waals surface area contributed by atoms with Gasteiger partial charge in [0.2, 0.25) is 5.91 Å². The van der Waals surface area contributed by atoms with Crippen LogP contribution >= 0.6 is 12.6 Å². The maximum Gasteiger partial charge on any atom is 0.235 e. The molecule has 2 bridgehead atoms. The van der Waals surface area contributed by atoms with Gasteiger partial charge in [-0.1, -0.05) is 30.3 Å². The Kier molecular flexibility index (Phi) is 4.55. The van der Waals surface area contributed by atoms with Crippen molar-refractivity contribution in [3.63, 3.8) is 0 Å². The minimum atomic E-state index is -0.227. The first kappa shape index (κ1) is 14.9. The highest BCUT2D eigenvalue weighted by molar-refractivity contribution is 7.81. The predicted molar refractivity (Wildman–Crippen MR) is 88.7 cm³/mol. The summed E-state index contributed by atoms with van der Waals surface area (Å²) in [5.41, 5.74) is 1.18. The van der Waals surface area contributed by atoms with Crippen molar-refractivity contribution in [1.82, 2.24) is 9.80 Å². The fourth-order valence-corrected chi connectivity index (χ4v) is 4.02. The van der Waals surface area contributed by atoms with Crippen LogP contribution in [0.2, 0.25) is 0 Å². The van der Waals surface area contributed by atoms with Gasteiger partial charge in [-0.2, -0.15) is 12.6 Å². The molecule has 1 aromatic rings. The summed E-state index contributed by atoms with van der Waals surface area (Å²) in [6.07, 6.45) is 4.33. The van der Waals surface area contributed by atoms with E-state index in [-0.39, 0.29) is 11.2 Å². The smallest absolute Gasteiger partial charge is 0.235 e. The fraction of sp³-hybridized carbons (Fsp3) is 0.588. The maximum atomic E-state index is 12.7. The Hall–Kier alpha value is -1.00. The summed E-state index contributed by atoms with van der Waals surface area (Å²) >= 11 is 4.57. The molecule has 1 amide bonds. The second kappa shape index (κ2) is 6.41. The minimum Gasteiger partial charge on any atom is -0.340 e. The number of rotatable bonds is 3. The Morgan fingerprint density at radius 3 is 2.71 bits per heavy atom. The zero-order valence-electron chi connectivity index (χ0n) is 12.6. The predicted octanol–water partition coefficient (Wildman–Crippen LogP) is 2.22. The van der Waals surface area contributed by atoms with Gasteiger partial charge in [0.05, 0.1) is 5.25 Å². The van der Waals surface area contributed by atoms with Crippen molar-refractivity contribution < 1.29 is 4.79 Å². The van der Waals surface area contributed by atoms with E-state index in [0.29, 0.717) is 18.5 Å². The highest BCUT2D eigenvalue weighted by Crippen LogP contribution is 2.29. The number of likely N-dealkylation sites (N-methyl/N-ethyl adjacent to an activating group) is 1. The largest absolute Gasteiger partial charge is 0.340 e. The van der Waals surface area contributed by atoms with Gasteiger partial charge in [0.1, 0.15) is 0 Å². The Balaban J connectivity index is 1.62. The van der Waals surface area contributed by atoms with E-state index in [1.165, 1.54) is 18.4 Å². The van der Waals surface area contributed by atoms with E-state index >= 15 is 0 Å². The molecule has 0 N–H and O–H groups in total. The lowest BCUT2D eigenvalue weighted by Crippen LogP contribution is -2.43. The molecule has 2 saturated heterocycles. The number of carbonyl (C=O) groups is 1. The number of thiol groups is 1. The zero-order chi connectivity index (χ0) is 14.8. The van der Waals surface area contributed by atoms with Crippen LogP contribution in [0.4, 0.5) is 0 Å². The molecule has 2 fully saturated rings. The topological polar surface area (TPSA) is 23.6 Å². The van der Waals surface area contributed by atoms with Gasteiger partial charge >= 0.3 is 0 Å². The van der Waals surface area contributed by atoms with E-state index in [2.05, 4.69) is 36.7 Å². The molecule has 0 spiro atoms. The van der Waals surface area contributed by atoms with Crippen molar-refractivity contribution in [2.45, 2.75) is 43.0 Å². The van der Waals surface area contributed by atoms with Gasteiger partial charge in [-0.05, 0) is 38.3 Å². The van der Waals surface area contributed by atoms with Crippen LogP contribution < -0.4 is 0 Å². The molecule has 114 valence electrons. The Morgan fingerprint density at radius 2 is 1.95 bits per heavy atom. The van der Waals surface area contributed by atoms with Gasteiger partial charge in [-0.25, -0.2) is 0 Å². The number of benzene rings is 1. The van der Waals surface area contributed by atoms with E-state index in [4.69, 9.17) is 0 Å². The third kappa shape index (κ3) is 3.27. The SMILES string of the molecule is CN1C2CCC1CN(C(=O)C(S)Cc1ccccc1)CC2. The molecule has 2 aliphatic rings. The van der Waals surface area contributed by atoms with E-state index in [1.54, 1.807) is 0 Å². The van der Waals surface area contributed by atoms with Crippen LogP contribution in [0.3, 0.4) is 0 Å². The third-order valence-corrected chi connectivity index (χ3v) is 5.42. The van der Waals surface area contributed by atoms with E-state index in [9.17, 15) is 4.79 Å². The van der Waals surface area contributed by atoms with Crippen molar-refractivity contribution in [1.29, 1.82) is 0 Å². The van der Waals surface area contributed by atoms with Crippen molar-refractivity contribution in [3.05, 3.63) is 35.9 Å². The molecule has 2 aliphatic heterocycles. The Labute approximate surface area is 132 Å². The van der Waals surface area contributed by atoms with Crippen molar-refractivity contribution in [3.8, 4) is 0 Å². The number of carbonyl (C=O) groups excluding carboxylic acids is 1. The lowest BCUT2D eigenvalue weighted by Gasteiger charge is -2.28. The minimum absolute atomic E-state index is 0.197. The summed E-state index contributed by atoms with van der Waals surface area (Å²) in [5, 5.41) is -0.227. The summed E-state index contributed by atoms with van der Waals surface area (Å²) < 4.78 is 0. The van der Waals surface area contributed by atoms with Gasteiger partial charge in [0.25, 0.3) is 0 Å². The monoisotopic (exact) mass is 304 g/mol. The van der Waals surface area contributed by atoms with Crippen LogP contribution in [0.5, 0.6) is 0 Å². The number of likely N-dealkylation sites (tertiary alicyclic amines) is 1. The van der Waals surface area contributed by atoms with Crippen LogP contribution in [0, 0.1) is 0 Å². The highest BCUT2D eigenvalue weighted by atomic mass is 32.1. The number of hydrogen-bond donors (Lipinski definition) is 1. The summed E-state index contributed by atoms with van der Waals surface area (Å²) in [6, 6.07) is 11.4. The normalized spacial score (nSPS) is 27.4. The quantitative estimate of drug-likeness (QED) is 0.866. The van der Waals surface area contributed by atoms with Crippen LogP contribution in [-0.2, 0) is 11.2 Å². The fourth-order valence-electron chi connectivity index (χ4n) is 3.64. The summed E-state index contributed by atoms with van der Waals surface area (Å²) in [4.78, 5) is 17.2. The molecule has 1 aromatic carbocycles. The molecule has 4 heteroatoms. The van der Waals surface area contributed by atoms with Gasteiger partial charge in [0, 0.05) is 25.2 Å². The number of nitrogens with zero attached hydrogens (tertiary/aromatic N) is 2. The summed E-state index contributed by atoms with van der Waals surface area (Å²) in [5.74, 6) is 0.197. The first-order chi connectivity index (χ1) is 10.1. The molecule has 3 unspecified atom stereocenters. The lowest BCUT2D eigenvalue weighted by atomic mass is 10.1. The van der Waals surface area contributed by atoms with Gasteiger partial charge in [-0.3, -0.25) is 9.69 Å². The molecule has 0 aromatic heterocycles. The Morgan fingerprint density at radius 1 is 1.24 bits per heavy atom. The van der Waals surface area contributed by atoms with Gasteiger partial charge in [-0.15, -0.1) is 0 Å².